The van der Waals surface area contributed by atoms with Gasteiger partial charge in [-0.2, -0.15) is 0 Å². The molecule has 0 unspecified atom stereocenters. The molecular weight excluding hydrogens is 418 g/mol. The molecule has 0 aliphatic carbocycles. The summed E-state index contributed by atoms with van der Waals surface area (Å²) in [6, 6.07) is 16.8. The number of nitrogens with one attached hydrogen (secondary N) is 1. The largest absolute Gasteiger partial charge is 0.321 e. The van der Waals surface area contributed by atoms with Crippen LogP contribution in [0.25, 0.3) is 0 Å². The van der Waals surface area contributed by atoms with Gasteiger partial charge in [-0.3, -0.25) is 19.2 Å². The fraction of sp³-hybridized carbons (Fsp3) is 0.136. The lowest BCUT2D eigenvalue weighted by atomic mass is 10.1. The number of rotatable bonds is 6. The van der Waals surface area contributed by atoms with Crippen molar-refractivity contribution in [3.63, 3.8) is 0 Å². The molecular formula is C22H21N3O5S. The molecule has 0 bridgehead atoms. The third-order valence-corrected chi connectivity index (χ3v) is 6.65. The van der Waals surface area contributed by atoms with Gasteiger partial charge in [0.2, 0.25) is 0 Å². The number of nitro groups is 1. The van der Waals surface area contributed by atoms with Gasteiger partial charge in [0.05, 0.1) is 21.2 Å². The van der Waals surface area contributed by atoms with Gasteiger partial charge in [0, 0.05) is 24.7 Å². The van der Waals surface area contributed by atoms with Crippen molar-refractivity contribution in [3.8, 4) is 0 Å². The Labute approximate surface area is 180 Å². The van der Waals surface area contributed by atoms with E-state index in [1.54, 1.807) is 37.3 Å². The number of carbonyl (C=O) groups excluding carboxylic acids is 1. The van der Waals surface area contributed by atoms with Gasteiger partial charge in [-0.1, -0.05) is 23.8 Å². The van der Waals surface area contributed by atoms with Gasteiger partial charge in [0.25, 0.3) is 21.6 Å². The summed E-state index contributed by atoms with van der Waals surface area (Å²) in [4.78, 5) is 23.2. The minimum Gasteiger partial charge on any atom is -0.321 e. The number of nitrogens with zero attached hydrogens (tertiary/aromatic N) is 2. The molecule has 8 nitrogen and oxygen atoms in total. The summed E-state index contributed by atoms with van der Waals surface area (Å²) in [6.45, 7) is 3.60. The zero-order chi connectivity index (χ0) is 22.8. The van der Waals surface area contributed by atoms with Crippen LogP contribution in [0.2, 0.25) is 0 Å². The average molecular weight is 439 g/mol. The Bertz CT molecular complexity index is 1240. The topological polar surface area (TPSA) is 110 Å². The molecule has 3 aromatic rings. The Balaban J connectivity index is 1.79. The second kappa shape index (κ2) is 8.57. The number of sulfonamides is 1. The molecule has 0 saturated heterocycles. The third-order valence-electron chi connectivity index (χ3n) is 4.85. The third kappa shape index (κ3) is 4.72. The maximum atomic E-state index is 12.8. The van der Waals surface area contributed by atoms with Crippen LogP contribution < -0.4 is 9.62 Å². The Morgan fingerprint density at radius 1 is 0.968 bits per heavy atom. The molecule has 1 amide bonds. The van der Waals surface area contributed by atoms with Crippen LogP contribution in [0.1, 0.15) is 21.5 Å². The van der Waals surface area contributed by atoms with Gasteiger partial charge >= 0.3 is 0 Å². The van der Waals surface area contributed by atoms with E-state index in [-0.39, 0.29) is 16.1 Å². The minimum atomic E-state index is -3.74. The number of carbonyl (C=O) groups is 1. The molecule has 31 heavy (non-hydrogen) atoms. The molecule has 0 heterocycles. The van der Waals surface area contributed by atoms with Crippen molar-refractivity contribution >= 4 is 33.0 Å². The second-order valence-corrected chi connectivity index (χ2v) is 9.01. The predicted molar refractivity (Wildman–Crippen MR) is 119 cm³/mol. The Morgan fingerprint density at radius 3 is 2.16 bits per heavy atom. The fourth-order valence-electron chi connectivity index (χ4n) is 2.88. The smallest absolute Gasteiger partial charge is 0.271 e. The number of benzene rings is 3. The molecule has 0 spiro atoms. The molecule has 1 N–H and O–H groups in total. The lowest BCUT2D eigenvalue weighted by Gasteiger charge is -2.20. The SMILES string of the molecule is Cc1ccc(S(=O)(=O)N(C)c2ccc(C(=O)Nc3cc([N+](=O)[O-])ccc3C)cc2)cc1. The molecule has 3 aromatic carbocycles. The standard InChI is InChI=1S/C22H21N3O5S/c1-15-4-12-20(13-5-15)31(29,30)24(3)18-10-7-17(8-11-18)22(26)23-21-14-19(25(27)28)9-6-16(21)2/h4-14H,1-3H3,(H,23,26). The molecule has 0 aliphatic rings. The zero-order valence-corrected chi connectivity index (χ0v) is 18.0. The van der Waals surface area contributed by atoms with Crippen molar-refractivity contribution in [1.29, 1.82) is 0 Å². The van der Waals surface area contributed by atoms with E-state index in [4.69, 9.17) is 0 Å². The molecule has 0 fully saturated rings. The molecule has 0 saturated carbocycles. The van der Waals surface area contributed by atoms with Crippen LogP contribution in [0.15, 0.2) is 71.6 Å². The first-order chi connectivity index (χ1) is 14.6. The Kier molecular flexibility index (Phi) is 6.07. The van der Waals surface area contributed by atoms with Gasteiger partial charge in [-0.05, 0) is 55.8 Å². The number of amides is 1. The minimum absolute atomic E-state index is 0.126. The number of non-ortho nitro benzene ring substituents is 1. The van der Waals surface area contributed by atoms with Crippen LogP contribution in [0, 0.1) is 24.0 Å². The van der Waals surface area contributed by atoms with Crippen LogP contribution >= 0.6 is 0 Å². The molecule has 3 rings (SSSR count). The monoisotopic (exact) mass is 439 g/mol. The van der Waals surface area contributed by atoms with E-state index >= 15 is 0 Å². The lowest BCUT2D eigenvalue weighted by molar-refractivity contribution is -0.384. The van der Waals surface area contributed by atoms with E-state index < -0.39 is 20.9 Å². The van der Waals surface area contributed by atoms with Crippen LogP contribution in [0.5, 0.6) is 0 Å². The second-order valence-electron chi connectivity index (χ2n) is 7.04. The van der Waals surface area contributed by atoms with E-state index in [0.29, 0.717) is 16.9 Å². The fourth-order valence-corrected chi connectivity index (χ4v) is 4.08. The van der Waals surface area contributed by atoms with Gasteiger partial charge in [0.1, 0.15) is 0 Å². The average Bonchev–Trinajstić information content (AvgIpc) is 2.75. The first-order valence-corrected chi connectivity index (χ1v) is 10.8. The number of aryl methyl sites for hydroxylation is 2. The lowest BCUT2D eigenvalue weighted by Crippen LogP contribution is -2.26. The van der Waals surface area contributed by atoms with E-state index in [1.807, 2.05) is 6.92 Å². The highest BCUT2D eigenvalue weighted by Gasteiger charge is 2.21. The van der Waals surface area contributed by atoms with Gasteiger partial charge < -0.3 is 5.32 Å². The van der Waals surface area contributed by atoms with E-state index in [0.717, 1.165) is 9.87 Å². The first-order valence-electron chi connectivity index (χ1n) is 9.31. The highest BCUT2D eigenvalue weighted by molar-refractivity contribution is 7.92. The quantitative estimate of drug-likeness (QED) is 0.455. The summed E-state index contributed by atoms with van der Waals surface area (Å²) >= 11 is 0. The zero-order valence-electron chi connectivity index (χ0n) is 17.2. The van der Waals surface area contributed by atoms with Gasteiger partial charge in [-0.15, -0.1) is 0 Å². The number of nitro benzene ring substituents is 1. The molecule has 0 radical (unpaired) electrons. The highest BCUT2D eigenvalue weighted by Crippen LogP contribution is 2.25. The predicted octanol–water partition coefficient (Wildman–Crippen LogP) is 4.29. The van der Waals surface area contributed by atoms with Crippen molar-refractivity contribution < 1.29 is 18.1 Å². The normalized spacial score (nSPS) is 11.1. The molecule has 0 aromatic heterocycles. The summed E-state index contributed by atoms with van der Waals surface area (Å²) in [7, 11) is -2.30. The van der Waals surface area contributed by atoms with Crippen LogP contribution in [-0.2, 0) is 10.0 Å². The summed E-state index contributed by atoms with van der Waals surface area (Å²) in [5, 5.41) is 13.6. The van der Waals surface area contributed by atoms with Crippen LogP contribution in [0.3, 0.4) is 0 Å². The maximum Gasteiger partial charge on any atom is 0.271 e. The van der Waals surface area contributed by atoms with Crippen molar-refractivity contribution in [3.05, 3.63) is 93.5 Å². The molecule has 9 heteroatoms. The maximum absolute atomic E-state index is 12.8. The summed E-state index contributed by atoms with van der Waals surface area (Å²) < 4.78 is 26.8. The highest BCUT2D eigenvalue weighted by atomic mass is 32.2. The molecule has 160 valence electrons. The van der Waals surface area contributed by atoms with Gasteiger partial charge in [0.15, 0.2) is 0 Å². The van der Waals surface area contributed by atoms with Crippen LogP contribution in [-0.4, -0.2) is 26.3 Å². The van der Waals surface area contributed by atoms with Crippen molar-refractivity contribution in [2.75, 3.05) is 16.7 Å². The van der Waals surface area contributed by atoms with E-state index in [2.05, 4.69) is 5.32 Å². The summed E-state index contributed by atoms with van der Waals surface area (Å²) in [5.74, 6) is -0.459. The Morgan fingerprint density at radius 2 is 1.58 bits per heavy atom. The van der Waals surface area contributed by atoms with Crippen molar-refractivity contribution in [2.24, 2.45) is 0 Å². The first kappa shape index (κ1) is 22.0. The van der Waals surface area contributed by atoms with Gasteiger partial charge in [-0.25, -0.2) is 8.42 Å². The van der Waals surface area contributed by atoms with E-state index in [1.165, 1.54) is 43.4 Å². The van der Waals surface area contributed by atoms with Crippen LogP contribution in [0.4, 0.5) is 17.1 Å². The number of anilines is 2. The van der Waals surface area contributed by atoms with E-state index in [9.17, 15) is 23.3 Å². The number of hydrogen-bond acceptors (Lipinski definition) is 5. The summed E-state index contributed by atoms with van der Waals surface area (Å²) in [6.07, 6.45) is 0. The Hall–Kier alpha value is -3.72. The summed E-state index contributed by atoms with van der Waals surface area (Å²) in [5.41, 5.74) is 2.52. The van der Waals surface area contributed by atoms with Crippen molar-refractivity contribution in [1.82, 2.24) is 0 Å². The van der Waals surface area contributed by atoms with Crippen molar-refractivity contribution in [2.45, 2.75) is 18.7 Å². The molecule has 0 atom stereocenters. The number of hydrogen-bond donors (Lipinski definition) is 1. The molecule has 0 aliphatic heterocycles.